The number of aliphatic hydroxyl groups excluding tert-OH is 1. The Kier molecular flexibility index (Phi) is 6.68. The van der Waals surface area contributed by atoms with Gasteiger partial charge in [-0.3, -0.25) is 0 Å². The fourth-order valence-electron chi connectivity index (χ4n) is 2.95. The van der Waals surface area contributed by atoms with E-state index in [2.05, 4.69) is 17.1 Å². The molecule has 1 aromatic rings. The van der Waals surface area contributed by atoms with Crippen molar-refractivity contribution in [2.45, 2.75) is 32.2 Å². The summed E-state index contributed by atoms with van der Waals surface area (Å²) < 4.78 is 0. The largest absolute Gasteiger partial charge is 0.396 e. The molecule has 2 N–H and O–H groups in total. The Balaban J connectivity index is 1.97. The van der Waals surface area contributed by atoms with Crippen molar-refractivity contribution < 1.29 is 9.90 Å². The molecule has 1 aromatic carbocycles. The van der Waals surface area contributed by atoms with E-state index in [1.54, 1.807) is 0 Å². The van der Waals surface area contributed by atoms with Gasteiger partial charge in [-0.05, 0) is 37.9 Å². The third-order valence-corrected chi connectivity index (χ3v) is 4.29. The molecule has 1 aliphatic heterocycles. The van der Waals surface area contributed by atoms with Gasteiger partial charge < -0.3 is 20.2 Å². The second-order valence-corrected chi connectivity index (χ2v) is 5.73. The van der Waals surface area contributed by atoms with Gasteiger partial charge in [0, 0.05) is 38.0 Å². The molecule has 1 heterocycles. The Labute approximate surface area is 132 Å². The standard InChI is InChI=1S/C17H27N3O2/c1-2-19-12-9-16(10-13-19)20(11-6-14-21)17(22)18-15-7-4-3-5-8-15/h3-5,7-8,16,21H,2,6,9-14H2,1H3,(H,18,22). The fourth-order valence-corrected chi connectivity index (χ4v) is 2.95. The van der Waals surface area contributed by atoms with Crippen molar-refractivity contribution in [3.63, 3.8) is 0 Å². The van der Waals surface area contributed by atoms with Crippen molar-refractivity contribution in [1.82, 2.24) is 9.80 Å². The minimum Gasteiger partial charge on any atom is -0.396 e. The smallest absolute Gasteiger partial charge is 0.322 e. The molecule has 122 valence electrons. The van der Waals surface area contributed by atoms with Crippen LogP contribution in [0.5, 0.6) is 0 Å². The number of anilines is 1. The molecular formula is C17H27N3O2. The third-order valence-electron chi connectivity index (χ3n) is 4.29. The number of nitrogens with zero attached hydrogens (tertiary/aromatic N) is 2. The van der Waals surface area contributed by atoms with E-state index in [1.807, 2.05) is 35.2 Å². The van der Waals surface area contributed by atoms with Gasteiger partial charge in [0.1, 0.15) is 0 Å². The number of carbonyl (C=O) groups excluding carboxylic acids is 1. The van der Waals surface area contributed by atoms with Gasteiger partial charge in [0.2, 0.25) is 0 Å². The van der Waals surface area contributed by atoms with Crippen LogP contribution in [0.4, 0.5) is 10.5 Å². The molecule has 0 unspecified atom stereocenters. The van der Waals surface area contributed by atoms with Gasteiger partial charge in [-0.25, -0.2) is 4.79 Å². The number of urea groups is 1. The highest BCUT2D eigenvalue weighted by molar-refractivity contribution is 5.89. The normalized spacial score (nSPS) is 16.5. The number of aliphatic hydroxyl groups is 1. The van der Waals surface area contributed by atoms with Gasteiger partial charge in [0.15, 0.2) is 0 Å². The summed E-state index contributed by atoms with van der Waals surface area (Å²) in [6, 6.07) is 9.73. The Morgan fingerprint density at radius 3 is 2.59 bits per heavy atom. The molecule has 5 heteroatoms. The monoisotopic (exact) mass is 305 g/mol. The molecule has 0 radical (unpaired) electrons. The Morgan fingerprint density at radius 2 is 2.00 bits per heavy atom. The maximum absolute atomic E-state index is 12.6. The number of rotatable bonds is 6. The molecule has 1 fully saturated rings. The van der Waals surface area contributed by atoms with Gasteiger partial charge in [-0.15, -0.1) is 0 Å². The van der Waals surface area contributed by atoms with Gasteiger partial charge in [-0.1, -0.05) is 25.1 Å². The summed E-state index contributed by atoms with van der Waals surface area (Å²) in [5.41, 5.74) is 0.812. The zero-order chi connectivity index (χ0) is 15.8. The molecule has 1 saturated heterocycles. The molecule has 0 aromatic heterocycles. The molecule has 5 nitrogen and oxygen atoms in total. The maximum Gasteiger partial charge on any atom is 0.322 e. The van der Waals surface area contributed by atoms with Crippen molar-refractivity contribution in [3.8, 4) is 0 Å². The van der Waals surface area contributed by atoms with E-state index < -0.39 is 0 Å². The SMILES string of the molecule is CCN1CCC(N(CCCO)C(=O)Nc2ccccc2)CC1. The van der Waals surface area contributed by atoms with Crippen molar-refractivity contribution >= 4 is 11.7 Å². The van der Waals surface area contributed by atoms with E-state index in [4.69, 9.17) is 5.11 Å². The van der Waals surface area contributed by atoms with Crippen LogP contribution in [-0.4, -0.2) is 59.8 Å². The minimum absolute atomic E-state index is 0.0606. The zero-order valence-corrected chi connectivity index (χ0v) is 13.4. The lowest BCUT2D eigenvalue weighted by molar-refractivity contribution is 0.124. The fraction of sp³-hybridized carbons (Fsp3) is 0.588. The number of para-hydroxylation sites is 1. The molecule has 2 amide bonds. The predicted octanol–water partition coefficient (Wildman–Crippen LogP) is 2.39. The molecule has 2 rings (SSSR count). The first-order valence-corrected chi connectivity index (χ1v) is 8.20. The molecule has 1 aliphatic rings. The number of carbonyl (C=O) groups is 1. The van der Waals surface area contributed by atoms with Crippen LogP contribution in [0.2, 0.25) is 0 Å². The second-order valence-electron chi connectivity index (χ2n) is 5.73. The summed E-state index contributed by atoms with van der Waals surface area (Å²) in [7, 11) is 0. The molecular weight excluding hydrogens is 278 g/mol. The summed E-state index contributed by atoms with van der Waals surface area (Å²) in [6.45, 7) is 6.03. The van der Waals surface area contributed by atoms with Crippen molar-refractivity contribution in [2.75, 3.05) is 38.1 Å². The molecule has 0 atom stereocenters. The predicted molar refractivity (Wildman–Crippen MR) is 89.0 cm³/mol. The maximum atomic E-state index is 12.6. The second kappa shape index (κ2) is 8.76. The van der Waals surface area contributed by atoms with Gasteiger partial charge in [0.05, 0.1) is 0 Å². The summed E-state index contributed by atoms with van der Waals surface area (Å²) in [5, 5.41) is 12.1. The van der Waals surface area contributed by atoms with Crippen molar-refractivity contribution in [1.29, 1.82) is 0 Å². The van der Waals surface area contributed by atoms with Crippen LogP contribution in [0.3, 0.4) is 0 Å². The molecule has 22 heavy (non-hydrogen) atoms. The number of benzene rings is 1. The summed E-state index contributed by atoms with van der Waals surface area (Å²) >= 11 is 0. The highest BCUT2D eigenvalue weighted by atomic mass is 16.3. The average molecular weight is 305 g/mol. The minimum atomic E-state index is -0.0606. The van der Waals surface area contributed by atoms with Gasteiger partial charge >= 0.3 is 6.03 Å². The Hall–Kier alpha value is -1.59. The lowest BCUT2D eigenvalue weighted by Crippen LogP contribution is -2.49. The van der Waals surface area contributed by atoms with Crippen LogP contribution in [0, 0.1) is 0 Å². The van der Waals surface area contributed by atoms with Crippen LogP contribution in [0.15, 0.2) is 30.3 Å². The lowest BCUT2D eigenvalue weighted by atomic mass is 10.0. The topological polar surface area (TPSA) is 55.8 Å². The number of nitrogens with one attached hydrogen (secondary N) is 1. The van der Waals surface area contributed by atoms with Crippen LogP contribution >= 0.6 is 0 Å². The Morgan fingerprint density at radius 1 is 1.32 bits per heavy atom. The quantitative estimate of drug-likeness (QED) is 0.848. The third kappa shape index (κ3) is 4.71. The first-order valence-electron chi connectivity index (χ1n) is 8.20. The first kappa shape index (κ1) is 16.8. The molecule has 0 bridgehead atoms. The summed E-state index contributed by atoms with van der Waals surface area (Å²) in [4.78, 5) is 16.9. The van der Waals surface area contributed by atoms with Crippen LogP contribution in [0.25, 0.3) is 0 Å². The Bertz CT molecular complexity index is 444. The molecule has 0 aliphatic carbocycles. The van der Waals surface area contributed by atoms with E-state index in [9.17, 15) is 4.79 Å². The van der Waals surface area contributed by atoms with Crippen molar-refractivity contribution in [2.24, 2.45) is 0 Å². The van der Waals surface area contributed by atoms with Crippen molar-refractivity contribution in [3.05, 3.63) is 30.3 Å². The van der Waals surface area contributed by atoms with Crippen LogP contribution < -0.4 is 5.32 Å². The van der Waals surface area contributed by atoms with E-state index in [0.717, 1.165) is 38.2 Å². The lowest BCUT2D eigenvalue weighted by Gasteiger charge is -2.38. The molecule has 0 spiro atoms. The number of hydrogen-bond acceptors (Lipinski definition) is 3. The van der Waals surface area contributed by atoms with E-state index in [0.29, 0.717) is 13.0 Å². The number of amides is 2. The van der Waals surface area contributed by atoms with E-state index >= 15 is 0 Å². The van der Waals surface area contributed by atoms with Crippen LogP contribution in [0.1, 0.15) is 26.2 Å². The summed E-state index contributed by atoms with van der Waals surface area (Å²) in [5.74, 6) is 0. The average Bonchev–Trinajstić information content (AvgIpc) is 2.56. The van der Waals surface area contributed by atoms with E-state index in [-0.39, 0.29) is 18.7 Å². The van der Waals surface area contributed by atoms with Crippen LogP contribution in [-0.2, 0) is 0 Å². The number of likely N-dealkylation sites (tertiary alicyclic amines) is 1. The summed E-state index contributed by atoms with van der Waals surface area (Å²) in [6.07, 6.45) is 2.62. The number of piperidine rings is 1. The first-order chi connectivity index (χ1) is 10.7. The van der Waals surface area contributed by atoms with Gasteiger partial charge in [0.25, 0.3) is 0 Å². The molecule has 0 saturated carbocycles. The highest BCUT2D eigenvalue weighted by Crippen LogP contribution is 2.18. The number of hydrogen-bond donors (Lipinski definition) is 2. The van der Waals surface area contributed by atoms with E-state index in [1.165, 1.54) is 0 Å². The van der Waals surface area contributed by atoms with Gasteiger partial charge in [-0.2, -0.15) is 0 Å². The highest BCUT2D eigenvalue weighted by Gasteiger charge is 2.27. The zero-order valence-electron chi connectivity index (χ0n) is 13.4.